The molecule has 1 aromatic rings. The molecule has 0 aromatic heterocycles. The second-order valence-electron chi connectivity index (χ2n) is 4.38. The van der Waals surface area contributed by atoms with Crippen LogP contribution in [-0.4, -0.2) is 26.2 Å². The van der Waals surface area contributed by atoms with Crippen molar-refractivity contribution in [2.45, 2.75) is 27.7 Å². The Morgan fingerprint density at radius 3 is 2.06 bits per heavy atom. The summed E-state index contributed by atoms with van der Waals surface area (Å²) in [6.45, 7) is 12.9. The monoisotopic (exact) mass is 222 g/mol. The number of rotatable bonds is 6. The van der Waals surface area contributed by atoms with Gasteiger partial charge in [0.1, 0.15) is 18.9 Å². The number of ether oxygens (including phenoxy) is 1. The second-order valence-corrected chi connectivity index (χ2v) is 4.38. The van der Waals surface area contributed by atoms with E-state index >= 15 is 0 Å². The molecule has 2 nitrogen and oxygen atoms in total. The van der Waals surface area contributed by atoms with Crippen LogP contribution >= 0.6 is 0 Å². The van der Waals surface area contributed by atoms with Gasteiger partial charge in [-0.05, 0) is 51.0 Å². The number of hydrogen-bond acceptors (Lipinski definition) is 1. The molecule has 0 heterocycles. The maximum atomic E-state index is 5.78. The summed E-state index contributed by atoms with van der Waals surface area (Å²) in [5.41, 5.74) is 2.54. The third kappa shape index (κ3) is 4.23. The van der Waals surface area contributed by atoms with Crippen LogP contribution in [0.4, 0.5) is 0 Å². The second kappa shape index (κ2) is 6.54. The Kier molecular flexibility index (Phi) is 5.33. The van der Waals surface area contributed by atoms with E-state index in [1.165, 1.54) is 24.2 Å². The van der Waals surface area contributed by atoms with Crippen LogP contribution in [0, 0.1) is 13.8 Å². The molecule has 0 saturated heterocycles. The van der Waals surface area contributed by atoms with Crippen LogP contribution in [-0.2, 0) is 0 Å². The first-order valence-electron chi connectivity index (χ1n) is 6.20. The molecular weight excluding hydrogens is 198 g/mol. The molecule has 1 N–H and O–H groups in total. The fraction of sp³-hybridized carbons (Fsp3) is 0.571. The van der Waals surface area contributed by atoms with Crippen molar-refractivity contribution < 1.29 is 9.64 Å². The van der Waals surface area contributed by atoms with Crippen molar-refractivity contribution in [1.29, 1.82) is 0 Å². The minimum Gasteiger partial charge on any atom is -0.488 e. The lowest BCUT2D eigenvalue weighted by molar-refractivity contribution is -0.896. The highest BCUT2D eigenvalue weighted by Crippen LogP contribution is 2.15. The molecule has 90 valence electrons. The fourth-order valence-electron chi connectivity index (χ4n) is 1.93. The molecule has 1 aromatic carbocycles. The van der Waals surface area contributed by atoms with E-state index in [1.54, 1.807) is 4.90 Å². The van der Waals surface area contributed by atoms with Gasteiger partial charge in [-0.25, -0.2) is 0 Å². The predicted octanol–water partition coefficient (Wildman–Crippen LogP) is 1.61. The maximum Gasteiger partial charge on any atom is 0.137 e. The molecule has 0 unspecified atom stereocenters. The first kappa shape index (κ1) is 13.0. The van der Waals surface area contributed by atoms with E-state index in [0.717, 1.165) is 18.9 Å². The quantitative estimate of drug-likeness (QED) is 0.772. The smallest absolute Gasteiger partial charge is 0.137 e. The zero-order valence-corrected chi connectivity index (χ0v) is 11.0. The van der Waals surface area contributed by atoms with Crippen molar-refractivity contribution in [1.82, 2.24) is 0 Å². The Hall–Kier alpha value is -1.02. The van der Waals surface area contributed by atoms with Gasteiger partial charge in [-0.1, -0.05) is 6.07 Å². The van der Waals surface area contributed by atoms with Crippen LogP contribution in [0.1, 0.15) is 25.0 Å². The molecule has 0 radical (unpaired) electrons. The van der Waals surface area contributed by atoms with Gasteiger partial charge in [-0.2, -0.15) is 0 Å². The van der Waals surface area contributed by atoms with E-state index < -0.39 is 0 Å². The van der Waals surface area contributed by atoms with E-state index in [0.29, 0.717) is 0 Å². The summed E-state index contributed by atoms with van der Waals surface area (Å²) >= 11 is 0. The molecular formula is C14H24NO+. The molecule has 0 fully saturated rings. The van der Waals surface area contributed by atoms with Crippen molar-refractivity contribution >= 4 is 0 Å². The molecule has 0 bridgehead atoms. The third-order valence-corrected chi connectivity index (χ3v) is 2.92. The lowest BCUT2D eigenvalue weighted by Crippen LogP contribution is -3.12. The Bertz CT molecular complexity index is 298. The summed E-state index contributed by atoms with van der Waals surface area (Å²) in [5.74, 6) is 1.00. The standard InChI is InChI=1S/C14H23NO/c1-5-15(6-2)7-8-16-14-10-12(3)9-13(4)11-14/h9-11H,5-8H2,1-4H3/p+1. The lowest BCUT2D eigenvalue weighted by Gasteiger charge is -2.15. The van der Waals surface area contributed by atoms with Crippen molar-refractivity contribution in [3.05, 3.63) is 29.3 Å². The Morgan fingerprint density at radius 1 is 1.00 bits per heavy atom. The largest absolute Gasteiger partial charge is 0.488 e. The van der Waals surface area contributed by atoms with Gasteiger partial charge in [0.2, 0.25) is 0 Å². The van der Waals surface area contributed by atoms with Crippen molar-refractivity contribution in [3.63, 3.8) is 0 Å². The average molecular weight is 222 g/mol. The average Bonchev–Trinajstić information content (AvgIpc) is 2.23. The molecule has 1 rings (SSSR count). The zero-order chi connectivity index (χ0) is 12.0. The van der Waals surface area contributed by atoms with Crippen LogP contribution in [0.15, 0.2) is 18.2 Å². The predicted molar refractivity (Wildman–Crippen MR) is 68.3 cm³/mol. The molecule has 0 aliphatic carbocycles. The van der Waals surface area contributed by atoms with E-state index in [-0.39, 0.29) is 0 Å². The van der Waals surface area contributed by atoms with Gasteiger partial charge in [0.25, 0.3) is 0 Å². The van der Waals surface area contributed by atoms with Crippen molar-refractivity contribution in [2.24, 2.45) is 0 Å². The topological polar surface area (TPSA) is 13.7 Å². The number of benzene rings is 1. The first-order valence-corrected chi connectivity index (χ1v) is 6.20. The van der Waals surface area contributed by atoms with E-state index in [2.05, 4.69) is 45.9 Å². The molecule has 0 spiro atoms. The molecule has 0 amide bonds. The SMILES string of the molecule is CC[NH+](CC)CCOc1cc(C)cc(C)c1. The minimum absolute atomic E-state index is 0.805. The van der Waals surface area contributed by atoms with Crippen LogP contribution in [0.5, 0.6) is 5.75 Å². The molecule has 0 aliphatic rings. The van der Waals surface area contributed by atoms with Gasteiger partial charge in [0.05, 0.1) is 13.1 Å². The minimum atomic E-state index is 0.805. The summed E-state index contributed by atoms with van der Waals surface area (Å²) in [7, 11) is 0. The van der Waals surface area contributed by atoms with E-state index in [1.807, 2.05) is 0 Å². The summed E-state index contributed by atoms with van der Waals surface area (Å²) in [6, 6.07) is 6.37. The zero-order valence-electron chi connectivity index (χ0n) is 11.0. The van der Waals surface area contributed by atoms with Gasteiger partial charge >= 0.3 is 0 Å². The summed E-state index contributed by atoms with van der Waals surface area (Å²) in [4.78, 5) is 1.59. The van der Waals surface area contributed by atoms with Crippen LogP contribution < -0.4 is 9.64 Å². The highest BCUT2D eigenvalue weighted by Gasteiger charge is 2.03. The number of quaternary nitrogens is 1. The molecule has 0 aliphatic heterocycles. The first-order chi connectivity index (χ1) is 7.65. The highest BCUT2D eigenvalue weighted by atomic mass is 16.5. The Labute approximate surface area is 99.2 Å². The van der Waals surface area contributed by atoms with Crippen molar-refractivity contribution in [2.75, 3.05) is 26.2 Å². The normalized spacial score (nSPS) is 10.8. The molecule has 0 saturated carbocycles. The summed E-state index contributed by atoms with van der Waals surface area (Å²) in [6.07, 6.45) is 0. The van der Waals surface area contributed by atoms with E-state index in [9.17, 15) is 0 Å². The van der Waals surface area contributed by atoms with Crippen molar-refractivity contribution in [3.8, 4) is 5.75 Å². The lowest BCUT2D eigenvalue weighted by atomic mass is 10.1. The van der Waals surface area contributed by atoms with Crippen LogP contribution in [0.2, 0.25) is 0 Å². The fourth-order valence-corrected chi connectivity index (χ4v) is 1.93. The third-order valence-electron chi connectivity index (χ3n) is 2.92. The van der Waals surface area contributed by atoms with E-state index in [4.69, 9.17) is 4.74 Å². The van der Waals surface area contributed by atoms with Gasteiger partial charge in [0.15, 0.2) is 0 Å². The Balaban J connectivity index is 2.42. The molecule has 16 heavy (non-hydrogen) atoms. The van der Waals surface area contributed by atoms with Gasteiger partial charge in [-0.3, -0.25) is 0 Å². The maximum absolute atomic E-state index is 5.78. The Morgan fingerprint density at radius 2 is 1.56 bits per heavy atom. The number of hydrogen-bond donors (Lipinski definition) is 1. The van der Waals surface area contributed by atoms with Gasteiger partial charge in [-0.15, -0.1) is 0 Å². The number of nitrogens with one attached hydrogen (secondary N) is 1. The van der Waals surface area contributed by atoms with Gasteiger partial charge in [0, 0.05) is 0 Å². The van der Waals surface area contributed by atoms with Crippen LogP contribution in [0.3, 0.4) is 0 Å². The van der Waals surface area contributed by atoms with Gasteiger partial charge < -0.3 is 9.64 Å². The molecule has 2 heteroatoms. The highest BCUT2D eigenvalue weighted by molar-refractivity contribution is 5.32. The summed E-state index contributed by atoms with van der Waals surface area (Å²) in [5, 5.41) is 0. The summed E-state index contributed by atoms with van der Waals surface area (Å²) < 4.78 is 5.78. The van der Waals surface area contributed by atoms with Crippen LogP contribution in [0.25, 0.3) is 0 Å². The molecule has 0 atom stereocenters. The number of aryl methyl sites for hydroxylation is 2. The number of likely N-dealkylation sites (N-methyl/N-ethyl adjacent to an activating group) is 1.